The van der Waals surface area contributed by atoms with E-state index in [0.717, 1.165) is 5.56 Å². The highest BCUT2D eigenvalue weighted by Crippen LogP contribution is 2.26. The molecule has 0 aliphatic heterocycles. The summed E-state index contributed by atoms with van der Waals surface area (Å²) in [5.41, 5.74) is 2.26. The Hall–Kier alpha value is -2.33. The molecular formula is C19H19ClN2O2. The number of benzene rings is 2. The van der Waals surface area contributed by atoms with Gasteiger partial charge in [-0.25, -0.2) is 0 Å². The van der Waals surface area contributed by atoms with Crippen LogP contribution in [0.3, 0.4) is 0 Å². The van der Waals surface area contributed by atoms with Gasteiger partial charge in [0, 0.05) is 5.56 Å². The van der Waals surface area contributed by atoms with E-state index in [-0.39, 0.29) is 12.0 Å². The van der Waals surface area contributed by atoms with Crippen molar-refractivity contribution in [2.75, 3.05) is 0 Å². The number of nitrogens with zero attached hydrogens (tertiary/aromatic N) is 2. The molecule has 0 saturated carbocycles. The minimum absolute atomic E-state index is 0.112. The van der Waals surface area contributed by atoms with Crippen LogP contribution in [0, 0.1) is 0 Å². The summed E-state index contributed by atoms with van der Waals surface area (Å²) in [6, 6.07) is 15.4. The van der Waals surface area contributed by atoms with Crippen LogP contribution in [0.4, 0.5) is 0 Å². The SMILES string of the molecule is CC(C)(C)c1ccc(-c2nnc(COc3ccccc3Cl)o2)cc1. The molecule has 0 amide bonds. The van der Waals surface area contributed by atoms with Gasteiger partial charge >= 0.3 is 0 Å². The van der Waals surface area contributed by atoms with Crippen LogP contribution >= 0.6 is 11.6 Å². The Balaban J connectivity index is 1.70. The third-order valence-electron chi connectivity index (χ3n) is 3.65. The van der Waals surface area contributed by atoms with Crippen LogP contribution in [0.2, 0.25) is 5.02 Å². The van der Waals surface area contributed by atoms with Gasteiger partial charge in [-0.15, -0.1) is 10.2 Å². The monoisotopic (exact) mass is 342 g/mol. The maximum atomic E-state index is 6.05. The molecule has 124 valence electrons. The fourth-order valence-electron chi connectivity index (χ4n) is 2.24. The standard InChI is InChI=1S/C19H19ClN2O2/c1-19(2,3)14-10-8-13(9-11-14)18-22-21-17(24-18)12-23-16-7-5-4-6-15(16)20/h4-11H,12H2,1-3H3. The summed E-state index contributed by atoms with van der Waals surface area (Å²) >= 11 is 6.05. The summed E-state index contributed by atoms with van der Waals surface area (Å²) in [6.45, 7) is 6.72. The van der Waals surface area contributed by atoms with Crippen molar-refractivity contribution < 1.29 is 9.15 Å². The zero-order chi connectivity index (χ0) is 17.2. The van der Waals surface area contributed by atoms with E-state index in [1.54, 1.807) is 12.1 Å². The van der Waals surface area contributed by atoms with E-state index in [1.165, 1.54) is 5.56 Å². The largest absolute Gasteiger partial charge is 0.482 e. The molecule has 5 heteroatoms. The van der Waals surface area contributed by atoms with Gasteiger partial charge in [0.2, 0.25) is 5.89 Å². The molecule has 0 saturated heterocycles. The molecule has 0 aliphatic rings. The number of hydrogen-bond acceptors (Lipinski definition) is 4. The lowest BCUT2D eigenvalue weighted by Crippen LogP contribution is -2.10. The van der Waals surface area contributed by atoms with Crippen LogP contribution in [0.1, 0.15) is 32.2 Å². The smallest absolute Gasteiger partial charge is 0.254 e. The molecule has 0 aliphatic carbocycles. The molecule has 0 unspecified atom stereocenters. The van der Waals surface area contributed by atoms with Crippen LogP contribution in [0.25, 0.3) is 11.5 Å². The lowest BCUT2D eigenvalue weighted by molar-refractivity contribution is 0.264. The Bertz CT molecular complexity index is 820. The number of aromatic nitrogens is 2. The quantitative estimate of drug-likeness (QED) is 0.648. The van der Waals surface area contributed by atoms with E-state index < -0.39 is 0 Å². The Morgan fingerprint density at radius 2 is 1.71 bits per heavy atom. The van der Waals surface area contributed by atoms with Crippen molar-refractivity contribution in [1.29, 1.82) is 0 Å². The average molecular weight is 343 g/mol. The molecule has 4 nitrogen and oxygen atoms in total. The third kappa shape index (κ3) is 3.77. The van der Waals surface area contributed by atoms with Crippen molar-refractivity contribution in [3.8, 4) is 17.2 Å². The zero-order valence-corrected chi connectivity index (χ0v) is 14.7. The van der Waals surface area contributed by atoms with E-state index in [1.807, 2.05) is 24.3 Å². The van der Waals surface area contributed by atoms with Gasteiger partial charge in [-0.05, 0) is 35.2 Å². The Kier molecular flexibility index (Phi) is 4.58. The molecule has 3 aromatic rings. The van der Waals surface area contributed by atoms with Crippen LogP contribution in [-0.2, 0) is 12.0 Å². The molecule has 3 rings (SSSR count). The second-order valence-corrected chi connectivity index (χ2v) is 6.95. The van der Waals surface area contributed by atoms with Gasteiger partial charge in [0.1, 0.15) is 5.75 Å². The van der Waals surface area contributed by atoms with E-state index in [2.05, 4.69) is 43.1 Å². The lowest BCUT2D eigenvalue weighted by Gasteiger charge is -2.18. The highest BCUT2D eigenvalue weighted by Gasteiger charge is 2.15. The molecule has 0 N–H and O–H groups in total. The average Bonchev–Trinajstić information content (AvgIpc) is 3.02. The van der Waals surface area contributed by atoms with Gasteiger partial charge in [0.05, 0.1) is 5.02 Å². The number of para-hydroxylation sites is 1. The summed E-state index contributed by atoms with van der Waals surface area (Å²) < 4.78 is 11.3. The van der Waals surface area contributed by atoms with Gasteiger partial charge in [-0.3, -0.25) is 0 Å². The maximum Gasteiger partial charge on any atom is 0.254 e. The van der Waals surface area contributed by atoms with Crippen molar-refractivity contribution in [3.05, 3.63) is 65.0 Å². The summed E-state index contributed by atoms with van der Waals surface area (Å²) in [5.74, 6) is 1.48. The molecule has 0 atom stereocenters. The molecule has 1 heterocycles. The Morgan fingerprint density at radius 3 is 2.38 bits per heavy atom. The van der Waals surface area contributed by atoms with Crippen LogP contribution < -0.4 is 4.74 Å². The van der Waals surface area contributed by atoms with E-state index >= 15 is 0 Å². The number of halogens is 1. The van der Waals surface area contributed by atoms with Crippen LogP contribution in [0.5, 0.6) is 5.75 Å². The molecule has 1 aromatic heterocycles. The van der Waals surface area contributed by atoms with Crippen LogP contribution in [0.15, 0.2) is 52.9 Å². The topological polar surface area (TPSA) is 48.2 Å². The molecule has 24 heavy (non-hydrogen) atoms. The lowest BCUT2D eigenvalue weighted by atomic mass is 9.87. The fraction of sp³-hybridized carbons (Fsp3) is 0.263. The van der Waals surface area contributed by atoms with E-state index in [4.69, 9.17) is 20.8 Å². The second-order valence-electron chi connectivity index (χ2n) is 6.55. The molecule has 0 radical (unpaired) electrons. The van der Waals surface area contributed by atoms with E-state index in [9.17, 15) is 0 Å². The first-order valence-electron chi connectivity index (χ1n) is 7.74. The maximum absolute atomic E-state index is 6.05. The number of hydrogen-bond donors (Lipinski definition) is 0. The van der Waals surface area contributed by atoms with Gasteiger partial charge in [-0.1, -0.05) is 56.6 Å². The summed E-state index contributed by atoms with van der Waals surface area (Å²) in [5, 5.41) is 8.66. The van der Waals surface area contributed by atoms with Crippen molar-refractivity contribution >= 4 is 11.6 Å². The third-order valence-corrected chi connectivity index (χ3v) is 3.96. The second kappa shape index (κ2) is 6.65. The molecule has 0 fully saturated rings. The van der Waals surface area contributed by atoms with Gasteiger partial charge in [0.15, 0.2) is 6.61 Å². The van der Waals surface area contributed by atoms with Crippen molar-refractivity contribution in [2.24, 2.45) is 0 Å². The number of ether oxygens (including phenoxy) is 1. The highest BCUT2D eigenvalue weighted by molar-refractivity contribution is 6.32. The predicted molar refractivity (Wildman–Crippen MR) is 94.2 cm³/mol. The first-order valence-corrected chi connectivity index (χ1v) is 8.12. The molecule has 0 spiro atoms. The zero-order valence-electron chi connectivity index (χ0n) is 13.9. The summed E-state index contributed by atoms with van der Waals surface area (Å²) in [6.07, 6.45) is 0. The summed E-state index contributed by atoms with van der Waals surface area (Å²) in [7, 11) is 0. The fourth-order valence-corrected chi connectivity index (χ4v) is 2.43. The van der Waals surface area contributed by atoms with Crippen molar-refractivity contribution in [2.45, 2.75) is 32.8 Å². The normalized spacial score (nSPS) is 11.5. The van der Waals surface area contributed by atoms with E-state index in [0.29, 0.717) is 22.6 Å². The Morgan fingerprint density at radius 1 is 1.00 bits per heavy atom. The van der Waals surface area contributed by atoms with Crippen LogP contribution in [-0.4, -0.2) is 10.2 Å². The first-order chi connectivity index (χ1) is 11.4. The molecule has 2 aromatic carbocycles. The van der Waals surface area contributed by atoms with Gasteiger partial charge < -0.3 is 9.15 Å². The van der Waals surface area contributed by atoms with Crippen molar-refractivity contribution in [1.82, 2.24) is 10.2 Å². The molecule has 0 bridgehead atoms. The first kappa shape index (κ1) is 16.5. The summed E-state index contributed by atoms with van der Waals surface area (Å²) in [4.78, 5) is 0. The minimum atomic E-state index is 0.112. The van der Waals surface area contributed by atoms with Gasteiger partial charge in [-0.2, -0.15) is 0 Å². The van der Waals surface area contributed by atoms with Crippen molar-refractivity contribution in [3.63, 3.8) is 0 Å². The molecular weight excluding hydrogens is 324 g/mol. The highest BCUT2D eigenvalue weighted by atomic mass is 35.5. The van der Waals surface area contributed by atoms with Gasteiger partial charge in [0.25, 0.3) is 5.89 Å². The minimum Gasteiger partial charge on any atom is -0.482 e. The predicted octanol–water partition coefficient (Wildman–Crippen LogP) is 5.27. The number of rotatable bonds is 4. The Labute approximate surface area is 146 Å².